The van der Waals surface area contributed by atoms with Crippen LogP contribution < -0.4 is 15.4 Å². The van der Waals surface area contributed by atoms with E-state index in [0.717, 1.165) is 24.5 Å². The molecule has 0 amide bonds. The van der Waals surface area contributed by atoms with Crippen molar-refractivity contribution in [3.63, 3.8) is 0 Å². The molecule has 0 aliphatic heterocycles. The Labute approximate surface area is 130 Å². The van der Waals surface area contributed by atoms with Gasteiger partial charge in [0.1, 0.15) is 5.75 Å². The molecule has 0 spiro atoms. The number of nitrogens with zero attached hydrogens (tertiary/aromatic N) is 4. The van der Waals surface area contributed by atoms with Gasteiger partial charge in [-0.1, -0.05) is 0 Å². The summed E-state index contributed by atoms with van der Waals surface area (Å²) in [5.74, 6) is 2.00. The van der Waals surface area contributed by atoms with Crippen LogP contribution in [-0.4, -0.2) is 53.9 Å². The molecule has 1 heterocycles. The molecule has 22 heavy (non-hydrogen) atoms. The first-order valence-electron chi connectivity index (χ1n) is 7.25. The van der Waals surface area contributed by atoms with Gasteiger partial charge in [0, 0.05) is 18.8 Å². The summed E-state index contributed by atoms with van der Waals surface area (Å²) in [6.07, 6.45) is 1.59. The van der Waals surface area contributed by atoms with Crippen LogP contribution in [0.1, 0.15) is 6.92 Å². The van der Waals surface area contributed by atoms with Gasteiger partial charge in [-0.15, -0.1) is 5.10 Å². The lowest BCUT2D eigenvalue weighted by Gasteiger charge is -2.11. The van der Waals surface area contributed by atoms with E-state index in [2.05, 4.69) is 30.7 Å². The monoisotopic (exact) mass is 302 g/mol. The van der Waals surface area contributed by atoms with E-state index in [1.807, 2.05) is 45.3 Å². The Kier molecular flexibility index (Phi) is 5.91. The second-order valence-corrected chi connectivity index (χ2v) is 4.98. The largest absolute Gasteiger partial charge is 0.494 e. The van der Waals surface area contributed by atoms with Crippen molar-refractivity contribution in [1.82, 2.24) is 20.1 Å². The molecule has 7 heteroatoms. The van der Waals surface area contributed by atoms with E-state index in [1.54, 1.807) is 6.20 Å². The van der Waals surface area contributed by atoms with E-state index >= 15 is 0 Å². The van der Waals surface area contributed by atoms with Crippen molar-refractivity contribution in [1.29, 1.82) is 0 Å². The number of benzene rings is 1. The first kappa shape index (κ1) is 16.0. The van der Waals surface area contributed by atoms with E-state index < -0.39 is 0 Å². The van der Waals surface area contributed by atoms with Crippen LogP contribution >= 0.6 is 0 Å². The van der Waals surface area contributed by atoms with Crippen molar-refractivity contribution in [2.75, 3.05) is 44.4 Å². The summed E-state index contributed by atoms with van der Waals surface area (Å²) in [5.41, 5.74) is 0.920. The van der Waals surface area contributed by atoms with Crippen molar-refractivity contribution in [2.45, 2.75) is 6.92 Å². The summed E-state index contributed by atoms with van der Waals surface area (Å²) in [5, 5.41) is 14.3. The first-order chi connectivity index (χ1) is 10.7. The van der Waals surface area contributed by atoms with Crippen molar-refractivity contribution < 1.29 is 4.74 Å². The van der Waals surface area contributed by atoms with Crippen LogP contribution in [0, 0.1) is 0 Å². The molecule has 0 unspecified atom stereocenters. The van der Waals surface area contributed by atoms with E-state index in [0.29, 0.717) is 18.4 Å². The molecule has 2 aromatic rings. The third kappa shape index (κ3) is 5.17. The predicted molar refractivity (Wildman–Crippen MR) is 87.8 cm³/mol. The maximum absolute atomic E-state index is 5.41. The minimum atomic E-state index is 0.512. The fraction of sp³-hybridized carbons (Fsp3) is 0.400. The Morgan fingerprint density at radius 3 is 2.64 bits per heavy atom. The maximum Gasteiger partial charge on any atom is 0.244 e. The molecular formula is C15H22N6O. The second kappa shape index (κ2) is 8.14. The third-order valence-electron chi connectivity index (χ3n) is 2.84. The Hall–Kier alpha value is -2.41. The molecule has 0 saturated heterocycles. The van der Waals surface area contributed by atoms with Crippen molar-refractivity contribution in [3.05, 3.63) is 30.5 Å². The second-order valence-electron chi connectivity index (χ2n) is 4.98. The van der Waals surface area contributed by atoms with Gasteiger partial charge in [-0.25, -0.2) is 0 Å². The van der Waals surface area contributed by atoms with E-state index in [-0.39, 0.29) is 0 Å². The number of rotatable bonds is 8. The Morgan fingerprint density at radius 2 is 1.95 bits per heavy atom. The fourth-order valence-corrected chi connectivity index (χ4v) is 1.78. The van der Waals surface area contributed by atoms with Crippen LogP contribution in [0.15, 0.2) is 30.5 Å². The number of aromatic nitrogens is 3. The molecular weight excluding hydrogens is 280 g/mol. The number of anilines is 3. The standard InChI is InChI=1S/C15H22N6O/c1-4-22-13-7-5-12(6-8-13)18-14-11-17-20-15(19-14)16-9-10-21(2)3/h5-8,11H,4,9-10H2,1-3H3,(H2,16,18,19,20). The normalized spacial score (nSPS) is 10.5. The number of hydrogen-bond donors (Lipinski definition) is 2. The average molecular weight is 302 g/mol. The molecule has 2 rings (SSSR count). The highest BCUT2D eigenvalue weighted by Crippen LogP contribution is 2.18. The zero-order valence-corrected chi connectivity index (χ0v) is 13.2. The van der Waals surface area contributed by atoms with Gasteiger partial charge in [0.05, 0.1) is 12.8 Å². The quantitative estimate of drug-likeness (QED) is 0.772. The molecule has 1 aromatic carbocycles. The molecule has 0 atom stereocenters. The minimum Gasteiger partial charge on any atom is -0.494 e. The zero-order chi connectivity index (χ0) is 15.8. The van der Waals surface area contributed by atoms with Crippen LogP contribution in [0.3, 0.4) is 0 Å². The van der Waals surface area contributed by atoms with Gasteiger partial charge in [0.25, 0.3) is 0 Å². The third-order valence-corrected chi connectivity index (χ3v) is 2.84. The molecule has 7 nitrogen and oxygen atoms in total. The van der Waals surface area contributed by atoms with E-state index in [9.17, 15) is 0 Å². The van der Waals surface area contributed by atoms with E-state index in [1.165, 1.54) is 0 Å². The van der Waals surface area contributed by atoms with Crippen LogP contribution in [0.5, 0.6) is 5.75 Å². The molecule has 0 aliphatic carbocycles. The summed E-state index contributed by atoms with van der Waals surface area (Å²) in [6.45, 7) is 4.29. The highest BCUT2D eigenvalue weighted by atomic mass is 16.5. The fourth-order valence-electron chi connectivity index (χ4n) is 1.78. The van der Waals surface area contributed by atoms with Crippen LogP contribution in [0.2, 0.25) is 0 Å². The Morgan fingerprint density at radius 1 is 1.18 bits per heavy atom. The minimum absolute atomic E-state index is 0.512. The summed E-state index contributed by atoms with van der Waals surface area (Å²) in [4.78, 5) is 6.46. The summed E-state index contributed by atoms with van der Waals surface area (Å²) in [6, 6.07) is 7.70. The molecule has 1 aromatic heterocycles. The van der Waals surface area contributed by atoms with Crippen LogP contribution in [-0.2, 0) is 0 Å². The highest BCUT2D eigenvalue weighted by molar-refractivity contribution is 5.57. The molecule has 0 fully saturated rings. The molecule has 0 aliphatic rings. The average Bonchev–Trinajstić information content (AvgIpc) is 2.50. The number of hydrogen-bond acceptors (Lipinski definition) is 7. The predicted octanol–water partition coefficient (Wildman–Crippen LogP) is 1.99. The zero-order valence-electron chi connectivity index (χ0n) is 13.2. The number of likely N-dealkylation sites (N-methyl/N-ethyl adjacent to an activating group) is 1. The molecule has 2 N–H and O–H groups in total. The Bertz CT molecular complexity index is 573. The van der Waals surface area contributed by atoms with Crippen LogP contribution in [0.25, 0.3) is 0 Å². The van der Waals surface area contributed by atoms with Crippen molar-refractivity contribution >= 4 is 17.5 Å². The molecule has 0 radical (unpaired) electrons. The summed E-state index contributed by atoms with van der Waals surface area (Å²) < 4.78 is 5.41. The lowest BCUT2D eigenvalue weighted by atomic mass is 10.3. The SMILES string of the molecule is CCOc1ccc(Nc2cnnc(NCCN(C)C)n2)cc1. The maximum atomic E-state index is 5.41. The van der Waals surface area contributed by atoms with Crippen molar-refractivity contribution in [3.8, 4) is 5.75 Å². The number of nitrogens with one attached hydrogen (secondary N) is 2. The van der Waals surface area contributed by atoms with Gasteiger partial charge in [0.15, 0.2) is 5.82 Å². The smallest absolute Gasteiger partial charge is 0.244 e. The van der Waals surface area contributed by atoms with E-state index in [4.69, 9.17) is 4.74 Å². The van der Waals surface area contributed by atoms with Gasteiger partial charge >= 0.3 is 0 Å². The van der Waals surface area contributed by atoms with Gasteiger partial charge in [0.2, 0.25) is 5.95 Å². The van der Waals surface area contributed by atoms with Gasteiger partial charge < -0.3 is 20.3 Å². The summed E-state index contributed by atoms with van der Waals surface area (Å²) in [7, 11) is 4.04. The van der Waals surface area contributed by atoms with Gasteiger partial charge in [-0.3, -0.25) is 0 Å². The van der Waals surface area contributed by atoms with Gasteiger partial charge in [-0.05, 0) is 45.3 Å². The van der Waals surface area contributed by atoms with Crippen molar-refractivity contribution in [2.24, 2.45) is 0 Å². The summed E-state index contributed by atoms with van der Waals surface area (Å²) >= 11 is 0. The molecule has 0 bridgehead atoms. The topological polar surface area (TPSA) is 75.2 Å². The number of ether oxygens (including phenoxy) is 1. The van der Waals surface area contributed by atoms with Gasteiger partial charge in [-0.2, -0.15) is 10.1 Å². The lowest BCUT2D eigenvalue weighted by Crippen LogP contribution is -2.21. The first-order valence-corrected chi connectivity index (χ1v) is 7.25. The van der Waals surface area contributed by atoms with Crippen LogP contribution in [0.4, 0.5) is 17.5 Å². The molecule has 118 valence electrons. The molecule has 0 saturated carbocycles. The lowest BCUT2D eigenvalue weighted by molar-refractivity contribution is 0.340. The highest BCUT2D eigenvalue weighted by Gasteiger charge is 2.02. The Balaban J connectivity index is 1.94.